The number of anilines is 1. The van der Waals surface area contributed by atoms with Crippen molar-refractivity contribution >= 4 is 28.5 Å². The molecular formula is C25H37N5O3. The minimum absolute atomic E-state index is 0.234. The number of benzene rings is 1. The van der Waals surface area contributed by atoms with Crippen molar-refractivity contribution < 1.29 is 9.59 Å². The SMILES string of the molecule is Cn1c(=O)n(C2CCC(=O)NC2=O)c2cccc(NCCCCCCCN3CCCCC3)c21. The molecule has 1 atom stereocenters. The molecule has 2 aliphatic heterocycles. The minimum Gasteiger partial charge on any atom is -0.383 e. The highest BCUT2D eigenvalue weighted by molar-refractivity contribution is 6.00. The first-order valence-electron chi connectivity index (χ1n) is 12.6. The number of imide groups is 1. The molecule has 0 bridgehead atoms. The Morgan fingerprint density at radius 1 is 1.00 bits per heavy atom. The van der Waals surface area contributed by atoms with Gasteiger partial charge in [-0.1, -0.05) is 31.7 Å². The largest absolute Gasteiger partial charge is 0.383 e. The number of fused-ring (bicyclic) bond motifs is 1. The van der Waals surface area contributed by atoms with Crippen molar-refractivity contribution in [1.29, 1.82) is 0 Å². The molecule has 1 unspecified atom stereocenters. The van der Waals surface area contributed by atoms with Gasteiger partial charge >= 0.3 is 5.69 Å². The molecule has 180 valence electrons. The average Bonchev–Trinajstić information content (AvgIpc) is 3.07. The minimum atomic E-state index is -0.654. The van der Waals surface area contributed by atoms with Crippen molar-refractivity contribution in [1.82, 2.24) is 19.4 Å². The van der Waals surface area contributed by atoms with Crippen LogP contribution in [0.15, 0.2) is 23.0 Å². The van der Waals surface area contributed by atoms with Crippen LogP contribution in [0.25, 0.3) is 11.0 Å². The Labute approximate surface area is 195 Å². The summed E-state index contributed by atoms with van der Waals surface area (Å²) in [6.45, 7) is 4.66. The maximum absolute atomic E-state index is 13.0. The van der Waals surface area contributed by atoms with E-state index in [0.717, 1.165) is 29.7 Å². The summed E-state index contributed by atoms with van der Waals surface area (Å²) in [4.78, 5) is 39.5. The van der Waals surface area contributed by atoms with Crippen molar-refractivity contribution in [2.24, 2.45) is 7.05 Å². The van der Waals surface area contributed by atoms with Gasteiger partial charge in [0.25, 0.3) is 0 Å². The lowest BCUT2D eigenvalue weighted by Crippen LogP contribution is -2.44. The number of aryl methyl sites for hydroxylation is 1. The number of piperidine rings is 2. The van der Waals surface area contributed by atoms with Crippen LogP contribution < -0.4 is 16.3 Å². The van der Waals surface area contributed by atoms with Gasteiger partial charge in [-0.05, 0) is 63.9 Å². The zero-order valence-electron chi connectivity index (χ0n) is 19.8. The van der Waals surface area contributed by atoms with E-state index >= 15 is 0 Å². The summed E-state index contributed by atoms with van der Waals surface area (Å²) in [6.07, 6.45) is 10.8. The van der Waals surface area contributed by atoms with E-state index in [4.69, 9.17) is 0 Å². The molecule has 2 fully saturated rings. The highest BCUT2D eigenvalue weighted by atomic mass is 16.2. The lowest BCUT2D eigenvalue weighted by Gasteiger charge is -2.26. The maximum atomic E-state index is 13.0. The van der Waals surface area contributed by atoms with Crippen molar-refractivity contribution in [2.75, 3.05) is 31.5 Å². The van der Waals surface area contributed by atoms with Crippen molar-refractivity contribution in [3.63, 3.8) is 0 Å². The van der Waals surface area contributed by atoms with Gasteiger partial charge in [-0.25, -0.2) is 4.79 Å². The van der Waals surface area contributed by atoms with Gasteiger partial charge in [-0.3, -0.25) is 24.0 Å². The van der Waals surface area contributed by atoms with E-state index in [1.165, 1.54) is 69.1 Å². The maximum Gasteiger partial charge on any atom is 0.329 e. The van der Waals surface area contributed by atoms with Gasteiger partial charge in [0.2, 0.25) is 11.8 Å². The number of amides is 2. The highest BCUT2D eigenvalue weighted by Crippen LogP contribution is 2.27. The lowest BCUT2D eigenvalue weighted by molar-refractivity contribution is -0.135. The topological polar surface area (TPSA) is 88.4 Å². The summed E-state index contributed by atoms with van der Waals surface area (Å²) in [5.41, 5.74) is 2.19. The number of rotatable bonds is 10. The van der Waals surface area contributed by atoms with Crippen molar-refractivity contribution in [3.05, 3.63) is 28.7 Å². The molecule has 0 radical (unpaired) electrons. The van der Waals surface area contributed by atoms with E-state index in [1.54, 1.807) is 11.6 Å². The van der Waals surface area contributed by atoms with Crippen LogP contribution in [0, 0.1) is 0 Å². The third-order valence-corrected chi connectivity index (χ3v) is 7.04. The smallest absolute Gasteiger partial charge is 0.329 e. The Kier molecular flexibility index (Phi) is 7.85. The second-order valence-electron chi connectivity index (χ2n) is 9.45. The fourth-order valence-electron chi connectivity index (χ4n) is 5.21. The summed E-state index contributed by atoms with van der Waals surface area (Å²) in [5.74, 6) is -0.683. The van der Waals surface area contributed by atoms with E-state index < -0.39 is 11.9 Å². The number of hydrogen-bond donors (Lipinski definition) is 2. The molecular weight excluding hydrogens is 418 g/mol. The first-order chi connectivity index (χ1) is 16.1. The number of aromatic nitrogens is 2. The van der Waals surface area contributed by atoms with Crippen LogP contribution in [0.3, 0.4) is 0 Å². The van der Waals surface area contributed by atoms with Crippen molar-refractivity contribution in [3.8, 4) is 0 Å². The third-order valence-electron chi connectivity index (χ3n) is 7.04. The zero-order valence-corrected chi connectivity index (χ0v) is 19.8. The second kappa shape index (κ2) is 11.0. The van der Waals surface area contributed by atoms with Crippen molar-refractivity contribution in [2.45, 2.75) is 70.3 Å². The summed E-state index contributed by atoms with van der Waals surface area (Å²) < 4.78 is 3.13. The normalized spacial score (nSPS) is 19.7. The van der Waals surface area contributed by atoms with Gasteiger partial charge in [0.05, 0.1) is 16.7 Å². The van der Waals surface area contributed by atoms with Crippen LogP contribution in [0.4, 0.5) is 5.69 Å². The molecule has 0 aliphatic carbocycles. The summed E-state index contributed by atoms with van der Waals surface area (Å²) in [7, 11) is 1.74. The molecule has 1 aromatic carbocycles. The standard InChI is InChI=1S/C25H37N5O3/c1-28-23-19(26-15-6-3-2-4-7-16-29-17-8-5-9-18-29)11-10-12-20(23)30(25(28)33)21-13-14-22(31)27-24(21)32/h10-12,21,26H,2-9,13-18H2,1H3,(H,27,31,32). The molecule has 3 heterocycles. The van der Waals surface area contributed by atoms with Gasteiger partial charge < -0.3 is 10.2 Å². The fraction of sp³-hybridized carbons (Fsp3) is 0.640. The average molecular weight is 456 g/mol. The molecule has 33 heavy (non-hydrogen) atoms. The molecule has 0 saturated carbocycles. The summed E-state index contributed by atoms with van der Waals surface area (Å²) in [5, 5.41) is 5.86. The Hall–Kier alpha value is -2.61. The molecule has 2 N–H and O–H groups in total. The number of nitrogens with zero attached hydrogens (tertiary/aromatic N) is 3. The summed E-state index contributed by atoms with van der Waals surface area (Å²) >= 11 is 0. The fourth-order valence-corrected chi connectivity index (χ4v) is 5.21. The molecule has 8 heteroatoms. The van der Waals surface area contributed by atoms with Crippen LogP contribution >= 0.6 is 0 Å². The van der Waals surface area contributed by atoms with Gasteiger partial charge in [0.1, 0.15) is 6.04 Å². The number of imidazole rings is 1. The highest BCUT2D eigenvalue weighted by Gasteiger charge is 2.31. The number of likely N-dealkylation sites (tertiary alicyclic amines) is 1. The predicted molar refractivity (Wildman–Crippen MR) is 130 cm³/mol. The molecule has 8 nitrogen and oxygen atoms in total. The first kappa shape index (κ1) is 23.5. The van der Waals surface area contributed by atoms with E-state index in [-0.39, 0.29) is 18.0 Å². The molecule has 1 aromatic heterocycles. The first-order valence-corrected chi connectivity index (χ1v) is 12.6. The zero-order chi connectivity index (χ0) is 23.2. The number of nitrogens with one attached hydrogen (secondary N) is 2. The van der Waals surface area contributed by atoms with E-state index in [0.29, 0.717) is 6.42 Å². The molecule has 0 spiro atoms. The quantitative estimate of drug-likeness (QED) is 0.424. The number of para-hydroxylation sites is 1. The molecule has 2 amide bonds. The van der Waals surface area contributed by atoms with Gasteiger partial charge in [0.15, 0.2) is 0 Å². The number of hydrogen-bond acceptors (Lipinski definition) is 5. The Balaban J connectivity index is 1.30. The Morgan fingerprint density at radius 3 is 2.55 bits per heavy atom. The third kappa shape index (κ3) is 5.49. The predicted octanol–water partition coefficient (Wildman–Crippen LogP) is 3.17. The van der Waals surface area contributed by atoms with Crippen LogP contribution in [0.2, 0.25) is 0 Å². The lowest BCUT2D eigenvalue weighted by atomic mass is 10.1. The molecule has 2 aromatic rings. The van der Waals surface area contributed by atoms with E-state index in [1.807, 2.05) is 18.2 Å². The second-order valence-corrected chi connectivity index (χ2v) is 9.45. The van der Waals surface area contributed by atoms with E-state index in [2.05, 4.69) is 15.5 Å². The van der Waals surface area contributed by atoms with Gasteiger partial charge in [-0.2, -0.15) is 0 Å². The Morgan fingerprint density at radius 2 is 1.76 bits per heavy atom. The van der Waals surface area contributed by atoms with Crippen LogP contribution in [-0.2, 0) is 16.6 Å². The Bertz CT molecular complexity index is 1030. The van der Waals surface area contributed by atoms with Gasteiger partial charge in [0, 0.05) is 20.0 Å². The number of unbranched alkanes of at least 4 members (excludes halogenated alkanes) is 4. The monoisotopic (exact) mass is 455 g/mol. The summed E-state index contributed by atoms with van der Waals surface area (Å²) in [6, 6.07) is 5.11. The molecule has 4 rings (SSSR count). The number of carbonyl (C=O) groups excluding carboxylic acids is 2. The molecule has 2 saturated heterocycles. The number of carbonyl (C=O) groups is 2. The van der Waals surface area contributed by atoms with Gasteiger partial charge in [-0.15, -0.1) is 0 Å². The van der Waals surface area contributed by atoms with Crippen LogP contribution in [-0.4, -0.2) is 52.0 Å². The van der Waals surface area contributed by atoms with Crippen LogP contribution in [0.1, 0.15) is 70.3 Å². The molecule has 2 aliphatic rings. The van der Waals surface area contributed by atoms with E-state index in [9.17, 15) is 14.4 Å². The van der Waals surface area contributed by atoms with Crippen LogP contribution in [0.5, 0.6) is 0 Å².